The lowest BCUT2D eigenvalue weighted by Gasteiger charge is -2.29. The minimum Gasteiger partial charge on any atom is -0.348 e. The number of carbonyl (C=O) groups excluding carboxylic acids is 1. The van der Waals surface area contributed by atoms with E-state index < -0.39 is 0 Å². The summed E-state index contributed by atoms with van der Waals surface area (Å²) in [4.78, 5) is 13.1. The van der Waals surface area contributed by atoms with Crippen molar-refractivity contribution in [3.05, 3.63) is 28.0 Å². The summed E-state index contributed by atoms with van der Waals surface area (Å²) in [6.07, 6.45) is 6.23. The van der Waals surface area contributed by atoms with Gasteiger partial charge in [0.15, 0.2) is 0 Å². The number of nitrogens with one attached hydrogen (secondary N) is 1. The van der Waals surface area contributed by atoms with Gasteiger partial charge in [0.1, 0.15) is 11.6 Å². The first-order chi connectivity index (χ1) is 9.20. The van der Waals surface area contributed by atoms with E-state index in [0.29, 0.717) is 5.92 Å². The lowest BCUT2D eigenvalue weighted by molar-refractivity contribution is -0.118. The van der Waals surface area contributed by atoms with E-state index in [1.54, 1.807) is 6.08 Å². The highest BCUT2D eigenvalue weighted by Gasteiger charge is 2.23. The van der Waals surface area contributed by atoms with Gasteiger partial charge < -0.3 is 5.32 Å². The molecule has 0 spiro atoms. The van der Waals surface area contributed by atoms with Gasteiger partial charge in [0.25, 0.3) is 5.91 Å². The van der Waals surface area contributed by atoms with Crippen LogP contribution in [0.2, 0.25) is 0 Å². The van der Waals surface area contributed by atoms with Crippen LogP contribution in [-0.4, -0.2) is 11.9 Å². The molecule has 100 valence electrons. The maximum absolute atomic E-state index is 12.1. The van der Waals surface area contributed by atoms with Crippen LogP contribution in [-0.2, 0) is 4.79 Å². The van der Waals surface area contributed by atoms with Crippen molar-refractivity contribution in [3.8, 4) is 6.07 Å². The summed E-state index contributed by atoms with van der Waals surface area (Å²) >= 11 is 1.52. The summed E-state index contributed by atoms with van der Waals surface area (Å²) in [7, 11) is 0. The summed E-state index contributed by atoms with van der Waals surface area (Å²) in [5.74, 6) is 0.258. The molecule has 0 saturated heterocycles. The van der Waals surface area contributed by atoms with Gasteiger partial charge in [-0.2, -0.15) is 5.26 Å². The number of hydrogen-bond donors (Lipinski definition) is 1. The molecule has 1 fully saturated rings. The SMILES string of the molecule is C[C@H]1CCCC[C@H]1NC(=O)/C(C#N)=C/c1cccs1. The Morgan fingerprint density at radius 1 is 1.53 bits per heavy atom. The van der Waals surface area contributed by atoms with Crippen molar-refractivity contribution >= 4 is 23.3 Å². The van der Waals surface area contributed by atoms with Crippen LogP contribution in [0.1, 0.15) is 37.5 Å². The van der Waals surface area contributed by atoms with Gasteiger partial charge in [0.2, 0.25) is 0 Å². The minimum atomic E-state index is -0.241. The van der Waals surface area contributed by atoms with Crippen LogP contribution in [0.5, 0.6) is 0 Å². The normalized spacial score (nSPS) is 23.7. The van der Waals surface area contributed by atoms with Crippen molar-refractivity contribution in [3.63, 3.8) is 0 Å². The molecule has 19 heavy (non-hydrogen) atoms. The predicted octanol–water partition coefficient (Wildman–Crippen LogP) is 3.35. The third-order valence-corrected chi connectivity index (χ3v) is 4.44. The van der Waals surface area contributed by atoms with E-state index in [0.717, 1.165) is 24.1 Å². The zero-order chi connectivity index (χ0) is 13.7. The number of amides is 1. The zero-order valence-electron chi connectivity index (χ0n) is 11.1. The number of nitrogens with zero attached hydrogens (tertiary/aromatic N) is 1. The molecule has 0 bridgehead atoms. The van der Waals surface area contributed by atoms with Gasteiger partial charge in [-0.15, -0.1) is 11.3 Å². The van der Waals surface area contributed by atoms with E-state index in [4.69, 9.17) is 5.26 Å². The van der Waals surface area contributed by atoms with Crippen molar-refractivity contribution in [1.29, 1.82) is 5.26 Å². The fraction of sp³-hybridized carbons (Fsp3) is 0.467. The quantitative estimate of drug-likeness (QED) is 0.679. The van der Waals surface area contributed by atoms with Crippen LogP contribution >= 0.6 is 11.3 Å². The summed E-state index contributed by atoms with van der Waals surface area (Å²) in [6.45, 7) is 2.17. The molecule has 0 aliphatic heterocycles. The lowest BCUT2D eigenvalue weighted by atomic mass is 9.86. The highest BCUT2D eigenvalue weighted by atomic mass is 32.1. The number of rotatable bonds is 3. The molecule has 1 N–H and O–H groups in total. The van der Waals surface area contributed by atoms with Gasteiger partial charge in [-0.25, -0.2) is 0 Å². The zero-order valence-corrected chi connectivity index (χ0v) is 11.9. The molecule has 0 radical (unpaired) electrons. The average molecular weight is 274 g/mol. The van der Waals surface area contributed by atoms with Crippen LogP contribution in [0.15, 0.2) is 23.1 Å². The molecule has 1 aromatic heterocycles. The van der Waals surface area contributed by atoms with Crippen molar-refractivity contribution < 1.29 is 4.79 Å². The Morgan fingerprint density at radius 3 is 2.95 bits per heavy atom. The first kappa shape index (κ1) is 13.8. The maximum atomic E-state index is 12.1. The highest BCUT2D eigenvalue weighted by molar-refractivity contribution is 7.10. The molecule has 3 nitrogen and oxygen atoms in total. The molecule has 0 aromatic carbocycles. The van der Waals surface area contributed by atoms with Crippen LogP contribution in [0.4, 0.5) is 0 Å². The van der Waals surface area contributed by atoms with Crippen molar-refractivity contribution in [2.24, 2.45) is 5.92 Å². The van der Waals surface area contributed by atoms with E-state index >= 15 is 0 Å². The second-order valence-electron chi connectivity index (χ2n) is 5.03. The summed E-state index contributed by atoms with van der Waals surface area (Å²) in [5, 5.41) is 14.1. The molecule has 1 aliphatic carbocycles. The Bertz CT molecular complexity index is 499. The van der Waals surface area contributed by atoms with Gasteiger partial charge >= 0.3 is 0 Å². The fourth-order valence-electron chi connectivity index (χ4n) is 2.44. The van der Waals surface area contributed by atoms with E-state index in [-0.39, 0.29) is 17.5 Å². The molecule has 1 aliphatic rings. The van der Waals surface area contributed by atoms with Gasteiger partial charge in [-0.1, -0.05) is 25.8 Å². The molecule has 1 aromatic rings. The van der Waals surface area contributed by atoms with Crippen molar-refractivity contribution in [2.45, 2.75) is 38.6 Å². The molecular weight excluding hydrogens is 256 g/mol. The molecule has 1 amide bonds. The van der Waals surface area contributed by atoms with Crippen LogP contribution in [0.3, 0.4) is 0 Å². The highest BCUT2D eigenvalue weighted by Crippen LogP contribution is 2.24. The Hall–Kier alpha value is -1.60. The fourth-order valence-corrected chi connectivity index (χ4v) is 3.10. The van der Waals surface area contributed by atoms with Gasteiger partial charge in [0.05, 0.1) is 0 Å². The topological polar surface area (TPSA) is 52.9 Å². The molecule has 1 heterocycles. The third kappa shape index (κ3) is 3.68. The molecule has 0 unspecified atom stereocenters. The van der Waals surface area contributed by atoms with E-state index in [9.17, 15) is 4.79 Å². The second-order valence-corrected chi connectivity index (χ2v) is 6.01. The monoisotopic (exact) mass is 274 g/mol. The summed E-state index contributed by atoms with van der Waals surface area (Å²) in [5.41, 5.74) is 0.195. The summed E-state index contributed by atoms with van der Waals surface area (Å²) < 4.78 is 0. The first-order valence-electron chi connectivity index (χ1n) is 6.67. The molecule has 4 heteroatoms. The summed E-state index contributed by atoms with van der Waals surface area (Å²) in [6, 6.07) is 6.02. The first-order valence-corrected chi connectivity index (χ1v) is 7.55. The largest absolute Gasteiger partial charge is 0.348 e. The van der Waals surface area contributed by atoms with E-state index in [1.165, 1.54) is 17.8 Å². The smallest absolute Gasteiger partial charge is 0.262 e. The number of thiophene rings is 1. The van der Waals surface area contributed by atoms with Gasteiger partial charge in [-0.05, 0) is 36.3 Å². The number of carbonyl (C=O) groups is 1. The standard InChI is InChI=1S/C15H18N2OS/c1-11-5-2-3-7-14(11)17-15(18)12(10-16)9-13-6-4-8-19-13/h4,6,8-9,11,14H,2-3,5,7H2,1H3,(H,17,18)/b12-9+/t11-,14+/m0/s1. The third-order valence-electron chi connectivity index (χ3n) is 3.62. The second kappa shape index (κ2) is 6.53. The predicted molar refractivity (Wildman–Crippen MR) is 77.5 cm³/mol. The van der Waals surface area contributed by atoms with E-state index in [1.807, 2.05) is 23.6 Å². The molecule has 2 atom stereocenters. The minimum absolute atomic E-state index is 0.195. The Labute approximate surface area is 117 Å². The van der Waals surface area contributed by atoms with Crippen LogP contribution in [0, 0.1) is 17.2 Å². The Kier molecular flexibility index (Phi) is 4.75. The van der Waals surface area contributed by atoms with Crippen LogP contribution in [0.25, 0.3) is 6.08 Å². The Balaban J connectivity index is 2.03. The van der Waals surface area contributed by atoms with Crippen molar-refractivity contribution in [1.82, 2.24) is 5.32 Å². The van der Waals surface area contributed by atoms with Gasteiger partial charge in [-0.3, -0.25) is 4.79 Å². The van der Waals surface area contributed by atoms with E-state index in [2.05, 4.69) is 12.2 Å². The molecule has 2 rings (SSSR count). The van der Waals surface area contributed by atoms with Crippen molar-refractivity contribution in [2.75, 3.05) is 0 Å². The number of nitriles is 1. The lowest BCUT2D eigenvalue weighted by Crippen LogP contribution is -2.41. The van der Waals surface area contributed by atoms with Gasteiger partial charge in [0, 0.05) is 10.9 Å². The molecule has 1 saturated carbocycles. The maximum Gasteiger partial charge on any atom is 0.262 e. The van der Waals surface area contributed by atoms with Crippen LogP contribution < -0.4 is 5.32 Å². The number of hydrogen-bond acceptors (Lipinski definition) is 3. The Morgan fingerprint density at radius 2 is 2.32 bits per heavy atom. The average Bonchev–Trinajstić information content (AvgIpc) is 2.91. The molecular formula is C15H18N2OS.